The molecule has 0 saturated heterocycles. The molecule has 18 heteroatoms. The van der Waals surface area contributed by atoms with Crippen molar-refractivity contribution in [2.24, 2.45) is 0 Å². The molecular weight excluding hydrogens is 604 g/mol. The van der Waals surface area contributed by atoms with Crippen LogP contribution in [-0.4, -0.2) is 41.8 Å². The lowest BCUT2D eigenvalue weighted by molar-refractivity contribution is 0.0540. The Kier molecular flexibility index (Phi) is 9.41. The molecule has 14 nitrogen and oxygen atoms in total. The number of hydrogen-bond acceptors (Lipinski definition) is 12. The van der Waals surface area contributed by atoms with Crippen LogP contribution in [0.15, 0.2) is 48.8 Å². The number of anilines is 2. The first-order chi connectivity index (χ1) is 21.3. The number of hydrogen-bond donors (Lipinski definition) is 4. The molecule has 0 unspecified atom stereocenters. The van der Waals surface area contributed by atoms with Crippen molar-refractivity contribution >= 4 is 28.8 Å². The van der Waals surface area contributed by atoms with Gasteiger partial charge in [-0.25, -0.2) is 37.7 Å². The second-order valence-corrected chi connectivity index (χ2v) is 9.66. The largest absolute Gasteiger partial charge is 0.443 e. The van der Waals surface area contributed by atoms with Crippen LogP contribution in [0, 0.1) is 34.6 Å². The van der Waals surface area contributed by atoms with Crippen LogP contribution < -0.4 is 26.1 Å². The summed E-state index contributed by atoms with van der Waals surface area (Å²) in [5.41, 5.74) is 9.76. The number of hydrazine groups is 1. The molecule has 0 radical (unpaired) electrons. The molecule has 0 saturated carbocycles. The zero-order valence-corrected chi connectivity index (χ0v) is 23.5. The summed E-state index contributed by atoms with van der Waals surface area (Å²) in [5.74, 6) is -3.49. The molecule has 0 spiro atoms. The quantitative estimate of drug-likeness (QED) is 0.141. The normalized spacial score (nSPS) is 10.7. The van der Waals surface area contributed by atoms with Crippen molar-refractivity contribution in [1.82, 2.24) is 35.6 Å². The summed E-state index contributed by atoms with van der Waals surface area (Å²) in [7, 11) is 0. The van der Waals surface area contributed by atoms with Crippen LogP contribution in [0.25, 0.3) is 11.0 Å². The summed E-state index contributed by atoms with van der Waals surface area (Å²) >= 11 is 0. The number of carbonyl (C=O) groups excluding carboxylic acids is 1. The zero-order valence-electron chi connectivity index (χ0n) is 23.5. The first-order valence-corrected chi connectivity index (χ1v) is 12.6. The highest BCUT2D eigenvalue weighted by Gasteiger charge is 2.17. The number of rotatable bonds is 6. The van der Waals surface area contributed by atoms with E-state index in [4.69, 9.17) is 25.2 Å². The highest BCUT2D eigenvalue weighted by atomic mass is 19.1. The van der Waals surface area contributed by atoms with Gasteiger partial charge in [0.1, 0.15) is 34.7 Å². The number of aromatic nitrogens is 6. The molecule has 0 bridgehead atoms. The van der Waals surface area contributed by atoms with Crippen LogP contribution in [-0.2, 0) is 4.74 Å². The van der Waals surface area contributed by atoms with Crippen LogP contribution in [0.5, 0.6) is 23.5 Å². The Morgan fingerprint density at radius 3 is 2.07 bits per heavy atom. The summed E-state index contributed by atoms with van der Waals surface area (Å²) in [5, 5.41) is 16.0. The predicted octanol–water partition coefficient (Wildman–Crippen LogP) is 5.28. The van der Waals surface area contributed by atoms with Gasteiger partial charge in [-0.05, 0) is 45.0 Å². The van der Waals surface area contributed by atoms with Gasteiger partial charge in [0.25, 0.3) is 0 Å². The van der Waals surface area contributed by atoms with Gasteiger partial charge in [-0.3, -0.25) is 10.5 Å². The molecule has 0 aliphatic heterocycles. The van der Waals surface area contributed by atoms with Gasteiger partial charge >= 0.3 is 18.1 Å². The number of nitriles is 1. The van der Waals surface area contributed by atoms with Crippen LogP contribution in [0.1, 0.15) is 26.3 Å². The molecule has 45 heavy (non-hydrogen) atoms. The average Bonchev–Trinajstić information content (AvgIpc) is 3.34. The van der Waals surface area contributed by atoms with E-state index in [9.17, 15) is 22.4 Å². The Balaban J connectivity index is 0.000000214. The van der Waals surface area contributed by atoms with E-state index in [0.717, 1.165) is 30.5 Å². The van der Waals surface area contributed by atoms with Crippen LogP contribution in [0.2, 0.25) is 0 Å². The van der Waals surface area contributed by atoms with Crippen LogP contribution in [0.3, 0.4) is 0 Å². The number of nitrogens with zero attached hydrogens (tertiary/aromatic N) is 6. The number of carbonyl (C=O) groups is 1. The number of halogens is 4. The standard InChI is InChI=1S/C16H15F2N5O3.C11H7F2N5O/c1-16(2,3)26-15(24)23-22-13-9(7-19)8-20-14(21-13)25-12-5-4-10(17)6-11(12)18;12-5-1-2-8(7(13)3-5)19-11-15-4-6-9(14)17-18-10(6)16-11/h4-6,8H,1-3H3,(H,23,24)(H,20,21,22);1-4H,(H3,14,15,16,17,18). The van der Waals surface area contributed by atoms with E-state index in [2.05, 4.69) is 41.0 Å². The second kappa shape index (κ2) is 13.4. The summed E-state index contributed by atoms with van der Waals surface area (Å²) in [6.45, 7) is 5.05. The number of fused-ring (bicyclic) bond motifs is 1. The third-order valence-electron chi connectivity index (χ3n) is 5.08. The summed E-state index contributed by atoms with van der Waals surface area (Å²) in [6, 6.07) is 7.04. The first kappa shape index (κ1) is 31.7. The maximum atomic E-state index is 13.6. The molecule has 5 rings (SSSR count). The Morgan fingerprint density at radius 2 is 1.51 bits per heavy atom. The van der Waals surface area contributed by atoms with Crippen molar-refractivity contribution in [1.29, 1.82) is 5.26 Å². The fourth-order valence-electron chi connectivity index (χ4n) is 3.17. The van der Waals surface area contributed by atoms with Gasteiger partial charge in [0.15, 0.2) is 34.6 Å². The molecule has 0 atom stereocenters. The van der Waals surface area contributed by atoms with Gasteiger partial charge in [0, 0.05) is 18.3 Å². The van der Waals surface area contributed by atoms with E-state index in [-0.39, 0.29) is 34.9 Å². The van der Waals surface area contributed by atoms with Crippen molar-refractivity contribution in [3.8, 4) is 29.6 Å². The smallest absolute Gasteiger partial charge is 0.426 e. The fourth-order valence-corrected chi connectivity index (χ4v) is 3.17. The molecule has 0 aliphatic rings. The second-order valence-electron chi connectivity index (χ2n) is 9.66. The Morgan fingerprint density at radius 1 is 0.933 bits per heavy atom. The summed E-state index contributed by atoms with van der Waals surface area (Å²) in [6.07, 6.45) is 1.72. The molecule has 0 fully saturated rings. The molecule has 5 N–H and O–H groups in total. The zero-order chi connectivity index (χ0) is 32.7. The van der Waals surface area contributed by atoms with Crippen molar-refractivity contribution in [3.05, 3.63) is 77.6 Å². The third-order valence-corrected chi connectivity index (χ3v) is 5.08. The number of nitrogens with two attached hydrogens (primary N) is 1. The summed E-state index contributed by atoms with van der Waals surface area (Å²) in [4.78, 5) is 27.1. The minimum absolute atomic E-state index is 0.00649. The van der Waals surface area contributed by atoms with Gasteiger partial charge in [-0.1, -0.05) is 0 Å². The van der Waals surface area contributed by atoms with Crippen molar-refractivity contribution in [3.63, 3.8) is 0 Å². The van der Waals surface area contributed by atoms with E-state index in [1.165, 1.54) is 6.20 Å². The Bertz CT molecular complexity index is 1890. The number of amides is 1. The maximum Gasteiger partial charge on any atom is 0.426 e. The van der Waals surface area contributed by atoms with Crippen molar-refractivity contribution in [2.45, 2.75) is 26.4 Å². The molecule has 5 aromatic rings. The highest BCUT2D eigenvalue weighted by molar-refractivity contribution is 5.84. The van der Waals surface area contributed by atoms with E-state index >= 15 is 0 Å². The number of H-pyrrole nitrogens is 1. The monoisotopic (exact) mass is 626 g/mol. The molecule has 232 valence electrons. The van der Waals surface area contributed by atoms with Gasteiger partial charge < -0.3 is 19.9 Å². The minimum Gasteiger partial charge on any atom is -0.443 e. The van der Waals surface area contributed by atoms with E-state index < -0.39 is 35.0 Å². The summed E-state index contributed by atoms with van der Waals surface area (Å²) < 4.78 is 68.0. The van der Waals surface area contributed by atoms with Crippen molar-refractivity contribution < 1.29 is 36.6 Å². The molecule has 3 heterocycles. The van der Waals surface area contributed by atoms with Crippen LogP contribution in [0.4, 0.5) is 34.0 Å². The van der Waals surface area contributed by atoms with E-state index in [0.29, 0.717) is 29.0 Å². The number of nitrogen functional groups attached to an aromatic ring is 1. The number of benzene rings is 2. The first-order valence-electron chi connectivity index (χ1n) is 12.6. The SMILES string of the molecule is CC(C)(C)OC(=O)NNc1nc(Oc2ccc(F)cc2F)ncc1C#N.Nc1[nH]nc2nc(Oc3ccc(F)cc3F)ncc12. The molecule has 2 aromatic carbocycles. The fraction of sp³-hybridized carbons (Fsp3) is 0.148. The Hall–Kier alpha value is -6.25. The molecule has 3 aromatic heterocycles. The molecule has 0 aliphatic carbocycles. The van der Waals surface area contributed by atoms with Gasteiger partial charge in [0.2, 0.25) is 0 Å². The van der Waals surface area contributed by atoms with Gasteiger partial charge in [0.05, 0.1) is 11.6 Å². The minimum atomic E-state index is -0.945. The Labute approximate surface area is 251 Å². The van der Waals surface area contributed by atoms with Gasteiger partial charge in [-0.15, -0.1) is 0 Å². The lowest BCUT2D eigenvalue weighted by Crippen LogP contribution is -2.36. The highest BCUT2D eigenvalue weighted by Crippen LogP contribution is 2.25. The van der Waals surface area contributed by atoms with Crippen LogP contribution >= 0.6 is 0 Å². The van der Waals surface area contributed by atoms with Crippen molar-refractivity contribution in [2.75, 3.05) is 11.2 Å². The lowest BCUT2D eigenvalue weighted by Gasteiger charge is -2.20. The van der Waals surface area contributed by atoms with Gasteiger partial charge in [-0.2, -0.15) is 20.3 Å². The van der Waals surface area contributed by atoms with E-state index in [1.807, 2.05) is 6.07 Å². The predicted molar refractivity (Wildman–Crippen MR) is 149 cm³/mol. The third kappa shape index (κ3) is 8.63. The topological polar surface area (TPSA) is 199 Å². The number of nitrogens with one attached hydrogen (secondary N) is 3. The number of aromatic amines is 1. The molecule has 1 amide bonds. The lowest BCUT2D eigenvalue weighted by atomic mass is 10.2. The van der Waals surface area contributed by atoms with E-state index in [1.54, 1.807) is 20.8 Å². The average molecular weight is 627 g/mol. The molecular formula is C27H22F4N10O4. The maximum absolute atomic E-state index is 13.6. The number of ether oxygens (including phenoxy) is 3.